The second-order valence-corrected chi connectivity index (χ2v) is 7.16. The summed E-state index contributed by atoms with van der Waals surface area (Å²) in [7, 11) is 0. The maximum absolute atomic E-state index is 9.36. The van der Waals surface area contributed by atoms with E-state index in [0.29, 0.717) is 33.7 Å². The number of anilines is 1. The van der Waals surface area contributed by atoms with Crippen LogP contribution in [0.15, 0.2) is 61.2 Å². The van der Waals surface area contributed by atoms with E-state index in [-0.39, 0.29) is 6.61 Å². The van der Waals surface area contributed by atoms with Crippen LogP contribution >= 0.6 is 23.2 Å². The number of nitrogens with two attached hydrogens (primary N) is 1. The summed E-state index contributed by atoms with van der Waals surface area (Å²) in [6.45, 7) is 0.286. The van der Waals surface area contributed by atoms with E-state index >= 15 is 0 Å². The Morgan fingerprint density at radius 3 is 2.62 bits per heavy atom. The molecule has 4 rings (SSSR count). The van der Waals surface area contributed by atoms with Crippen LogP contribution in [0, 0.1) is 0 Å². The summed E-state index contributed by atoms with van der Waals surface area (Å²) in [5.41, 5.74) is 10.7. The number of hydrogen-bond donors (Lipinski definition) is 2. The van der Waals surface area contributed by atoms with Crippen molar-refractivity contribution in [1.29, 1.82) is 0 Å². The van der Waals surface area contributed by atoms with E-state index < -0.39 is 0 Å². The van der Waals surface area contributed by atoms with Gasteiger partial charge in [-0.05, 0) is 18.2 Å². The number of aliphatic hydroxyl groups is 1. The minimum Gasteiger partial charge on any atom is -0.394 e. The minimum absolute atomic E-state index is 0.0483. The van der Waals surface area contributed by atoms with Gasteiger partial charge in [0.25, 0.3) is 0 Å². The Balaban J connectivity index is 1.92. The Morgan fingerprint density at radius 2 is 1.86 bits per heavy atom. The van der Waals surface area contributed by atoms with Gasteiger partial charge in [0.1, 0.15) is 11.5 Å². The molecule has 0 unspecified atom stereocenters. The van der Waals surface area contributed by atoms with Gasteiger partial charge in [0.15, 0.2) is 0 Å². The third-order valence-corrected chi connectivity index (χ3v) is 5.32. The standard InChI is InChI=1S/C21H17Cl2N5O/c22-18-5-1-4-15(19(18)23)17-12-28(7-8-29)27-20(17)16-9-14(11-26-21(16)24)13-3-2-6-25-10-13/h1-6,9-12,29H,7-8H2,(H2,24,26). The average molecular weight is 426 g/mol. The highest BCUT2D eigenvalue weighted by atomic mass is 35.5. The molecule has 0 spiro atoms. The zero-order chi connectivity index (χ0) is 20.4. The van der Waals surface area contributed by atoms with Crippen LogP contribution in [0.5, 0.6) is 0 Å². The number of rotatable bonds is 5. The molecule has 8 heteroatoms. The first-order chi connectivity index (χ1) is 14.1. The van der Waals surface area contributed by atoms with Crippen LogP contribution < -0.4 is 5.73 Å². The molecule has 1 aromatic carbocycles. The van der Waals surface area contributed by atoms with Crippen LogP contribution in [-0.2, 0) is 6.54 Å². The van der Waals surface area contributed by atoms with Crippen LogP contribution in [0.3, 0.4) is 0 Å². The van der Waals surface area contributed by atoms with Crippen LogP contribution in [0.4, 0.5) is 5.82 Å². The van der Waals surface area contributed by atoms with Gasteiger partial charge in [-0.3, -0.25) is 9.67 Å². The van der Waals surface area contributed by atoms with E-state index in [4.69, 9.17) is 28.9 Å². The quantitative estimate of drug-likeness (QED) is 0.489. The molecule has 4 aromatic rings. The third kappa shape index (κ3) is 3.82. The lowest BCUT2D eigenvalue weighted by Gasteiger charge is -2.10. The maximum atomic E-state index is 9.36. The molecule has 0 aliphatic carbocycles. The summed E-state index contributed by atoms with van der Waals surface area (Å²) in [6.07, 6.45) is 6.99. The van der Waals surface area contributed by atoms with E-state index in [1.807, 2.05) is 36.5 Å². The van der Waals surface area contributed by atoms with Gasteiger partial charge in [-0.2, -0.15) is 5.10 Å². The topological polar surface area (TPSA) is 89.9 Å². The van der Waals surface area contributed by atoms with Gasteiger partial charge >= 0.3 is 0 Å². The minimum atomic E-state index is -0.0483. The first-order valence-electron chi connectivity index (χ1n) is 8.87. The van der Waals surface area contributed by atoms with Gasteiger partial charge in [0, 0.05) is 52.6 Å². The molecule has 3 aromatic heterocycles. The summed E-state index contributed by atoms with van der Waals surface area (Å²) < 4.78 is 1.65. The van der Waals surface area contributed by atoms with Gasteiger partial charge in [-0.1, -0.05) is 41.4 Å². The smallest absolute Gasteiger partial charge is 0.132 e. The molecule has 0 saturated heterocycles. The molecule has 0 atom stereocenters. The van der Waals surface area contributed by atoms with E-state index in [1.165, 1.54) is 0 Å². The van der Waals surface area contributed by atoms with Crippen molar-refractivity contribution in [3.63, 3.8) is 0 Å². The molecule has 6 nitrogen and oxygen atoms in total. The highest BCUT2D eigenvalue weighted by Crippen LogP contribution is 2.40. The summed E-state index contributed by atoms with van der Waals surface area (Å²) in [5.74, 6) is 0.339. The summed E-state index contributed by atoms with van der Waals surface area (Å²) in [5, 5.41) is 14.9. The average Bonchev–Trinajstić information content (AvgIpc) is 3.15. The molecular formula is C21H17Cl2N5O. The number of pyridine rings is 2. The Bertz CT molecular complexity index is 1160. The Morgan fingerprint density at radius 1 is 1.00 bits per heavy atom. The Hall–Kier alpha value is -2.93. The lowest BCUT2D eigenvalue weighted by atomic mass is 10.00. The number of hydrogen-bond acceptors (Lipinski definition) is 5. The Labute approximate surface area is 177 Å². The normalized spacial score (nSPS) is 11.0. The van der Waals surface area contributed by atoms with Crippen molar-refractivity contribution >= 4 is 29.0 Å². The molecule has 146 valence electrons. The highest BCUT2D eigenvalue weighted by Gasteiger charge is 2.19. The molecule has 3 N–H and O–H groups in total. The van der Waals surface area contributed by atoms with Gasteiger partial charge in [-0.15, -0.1) is 0 Å². The first kappa shape index (κ1) is 19.4. The third-order valence-electron chi connectivity index (χ3n) is 4.50. The number of aromatic nitrogens is 4. The van der Waals surface area contributed by atoms with Crippen molar-refractivity contribution in [3.05, 3.63) is 71.2 Å². The van der Waals surface area contributed by atoms with E-state index in [0.717, 1.165) is 22.3 Å². The van der Waals surface area contributed by atoms with E-state index in [1.54, 1.807) is 29.3 Å². The number of aliphatic hydroxyl groups excluding tert-OH is 1. The van der Waals surface area contributed by atoms with Crippen LogP contribution in [0.25, 0.3) is 33.5 Å². The predicted molar refractivity (Wildman–Crippen MR) is 116 cm³/mol. The lowest BCUT2D eigenvalue weighted by Crippen LogP contribution is -2.03. The van der Waals surface area contributed by atoms with Gasteiger partial charge in [0.05, 0.1) is 23.2 Å². The molecule has 0 aliphatic heterocycles. The molecule has 3 heterocycles. The predicted octanol–water partition coefficient (Wildman–Crippen LogP) is 4.56. The zero-order valence-corrected chi connectivity index (χ0v) is 16.8. The van der Waals surface area contributed by atoms with Crippen LogP contribution in [-0.4, -0.2) is 31.5 Å². The van der Waals surface area contributed by atoms with Crippen molar-refractivity contribution in [2.24, 2.45) is 0 Å². The fourth-order valence-corrected chi connectivity index (χ4v) is 3.50. The van der Waals surface area contributed by atoms with Crippen molar-refractivity contribution in [2.45, 2.75) is 6.54 Å². The molecule has 0 bridgehead atoms. The molecule has 0 aliphatic rings. The molecule has 29 heavy (non-hydrogen) atoms. The van der Waals surface area contributed by atoms with Crippen molar-refractivity contribution in [1.82, 2.24) is 19.7 Å². The largest absolute Gasteiger partial charge is 0.394 e. The fourth-order valence-electron chi connectivity index (χ4n) is 3.10. The van der Waals surface area contributed by atoms with Crippen molar-refractivity contribution < 1.29 is 5.11 Å². The second kappa shape index (κ2) is 8.21. The maximum Gasteiger partial charge on any atom is 0.132 e. The highest BCUT2D eigenvalue weighted by molar-refractivity contribution is 6.43. The molecule has 0 amide bonds. The monoisotopic (exact) mass is 425 g/mol. The summed E-state index contributed by atoms with van der Waals surface area (Å²) >= 11 is 12.7. The summed E-state index contributed by atoms with van der Waals surface area (Å²) in [6, 6.07) is 11.1. The van der Waals surface area contributed by atoms with Gasteiger partial charge in [0.2, 0.25) is 0 Å². The Kier molecular flexibility index (Phi) is 5.49. The number of benzene rings is 1. The second-order valence-electron chi connectivity index (χ2n) is 6.38. The van der Waals surface area contributed by atoms with E-state index in [9.17, 15) is 5.11 Å². The zero-order valence-electron chi connectivity index (χ0n) is 15.3. The van der Waals surface area contributed by atoms with Crippen LogP contribution in [0.2, 0.25) is 10.0 Å². The lowest BCUT2D eigenvalue weighted by molar-refractivity contribution is 0.269. The van der Waals surface area contributed by atoms with E-state index in [2.05, 4.69) is 15.1 Å². The number of nitrogens with zero attached hydrogens (tertiary/aromatic N) is 4. The number of nitrogen functional groups attached to an aromatic ring is 1. The molecule has 0 saturated carbocycles. The van der Waals surface area contributed by atoms with Crippen molar-refractivity contribution in [3.8, 4) is 33.5 Å². The van der Waals surface area contributed by atoms with Gasteiger partial charge in [-0.25, -0.2) is 4.98 Å². The summed E-state index contributed by atoms with van der Waals surface area (Å²) in [4.78, 5) is 8.52. The van der Waals surface area contributed by atoms with Crippen molar-refractivity contribution in [2.75, 3.05) is 12.3 Å². The number of halogens is 2. The molecule has 0 radical (unpaired) electrons. The molecule has 0 fully saturated rings. The van der Waals surface area contributed by atoms with Crippen LogP contribution in [0.1, 0.15) is 0 Å². The molecular weight excluding hydrogens is 409 g/mol. The SMILES string of the molecule is Nc1ncc(-c2cccnc2)cc1-c1nn(CCO)cc1-c1cccc(Cl)c1Cl. The fraction of sp³-hybridized carbons (Fsp3) is 0.0952. The van der Waals surface area contributed by atoms with Gasteiger partial charge < -0.3 is 10.8 Å². The first-order valence-corrected chi connectivity index (χ1v) is 9.63.